The molecule has 0 amide bonds. The van der Waals surface area contributed by atoms with Gasteiger partial charge in [0.25, 0.3) is 0 Å². The quantitative estimate of drug-likeness (QED) is 0.549. The summed E-state index contributed by atoms with van der Waals surface area (Å²) in [6.07, 6.45) is 6.79. The van der Waals surface area contributed by atoms with Crippen LogP contribution in [-0.4, -0.2) is 27.3 Å². The van der Waals surface area contributed by atoms with Gasteiger partial charge in [0, 0.05) is 12.1 Å². The van der Waals surface area contributed by atoms with E-state index in [1.54, 1.807) is 16.9 Å². The second-order valence-electron chi connectivity index (χ2n) is 4.90. The first-order chi connectivity index (χ1) is 11.2. The van der Waals surface area contributed by atoms with Crippen LogP contribution >= 0.6 is 0 Å². The predicted octanol–water partition coefficient (Wildman–Crippen LogP) is 2.91. The lowest BCUT2D eigenvalue weighted by atomic mass is 10.1. The van der Waals surface area contributed by atoms with Crippen molar-refractivity contribution < 1.29 is 9.53 Å². The molecule has 0 saturated carbocycles. The van der Waals surface area contributed by atoms with Crippen LogP contribution in [-0.2, 0) is 11.3 Å². The molecule has 0 atom stereocenters. The van der Waals surface area contributed by atoms with Crippen LogP contribution in [0.15, 0.2) is 42.6 Å². The van der Waals surface area contributed by atoms with Gasteiger partial charge in [-0.2, -0.15) is 5.10 Å². The third kappa shape index (κ3) is 2.79. The van der Waals surface area contributed by atoms with Crippen molar-refractivity contribution in [3.05, 3.63) is 48.2 Å². The number of aryl methyl sites for hydroxylation is 1. The molecule has 0 saturated heterocycles. The number of pyridine rings is 1. The molecule has 0 aliphatic heterocycles. The van der Waals surface area contributed by atoms with Gasteiger partial charge in [-0.05, 0) is 13.0 Å². The molecule has 0 aliphatic carbocycles. The highest BCUT2D eigenvalue weighted by atomic mass is 16.5. The fourth-order valence-electron chi connectivity index (χ4n) is 2.39. The summed E-state index contributed by atoms with van der Waals surface area (Å²) in [5.74, 6) is 1.83. The maximum Gasteiger partial charge on any atom is 0.339 e. The Morgan fingerprint density at radius 1 is 1.35 bits per heavy atom. The van der Waals surface area contributed by atoms with Gasteiger partial charge in [0.15, 0.2) is 12.3 Å². The molecule has 23 heavy (non-hydrogen) atoms. The number of esters is 1. The SMILES string of the molecule is C#CCOC(=O)c1cc(-c2ccccc2)nc2c1cnn2CC. The molecule has 2 heterocycles. The molecular formula is C18H15N3O2. The first kappa shape index (κ1) is 14.8. The van der Waals surface area contributed by atoms with Crippen molar-refractivity contribution in [1.29, 1.82) is 0 Å². The summed E-state index contributed by atoms with van der Waals surface area (Å²) in [6, 6.07) is 11.4. The highest BCUT2D eigenvalue weighted by molar-refractivity contribution is 6.03. The van der Waals surface area contributed by atoms with Crippen LogP contribution in [0, 0.1) is 12.3 Å². The molecule has 1 aromatic carbocycles. The van der Waals surface area contributed by atoms with E-state index in [9.17, 15) is 4.79 Å². The summed E-state index contributed by atoms with van der Waals surface area (Å²) >= 11 is 0. The minimum atomic E-state index is -0.469. The van der Waals surface area contributed by atoms with Crippen LogP contribution in [0.5, 0.6) is 0 Å². The maximum atomic E-state index is 12.3. The Kier molecular flexibility index (Phi) is 4.07. The number of aromatic nitrogens is 3. The van der Waals surface area contributed by atoms with Crippen molar-refractivity contribution in [2.45, 2.75) is 13.5 Å². The first-order valence-electron chi connectivity index (χ1n) is 7.27. The van der Waals surface area contributed by atoms with Gasteiger partial charge in [-0.25, -0.2) is 14.5 Å². The van der Waals surface area contributed by atoms with E-state index >= 15 is 0 Å². The van der Waals surface area contributed by atoms with Crippen LogP contribution in [0.4, 0.5) is 0 Å². The van der Waals surface area contributed by atoms with Gasteiger partial charge in [0.1, 0.15) is 0 Å². The van der Waals surface area contributed by atoms with Crippen molar-refractivity contribution in [2.75, 3.05) is 6.61 Å². The Bertz CT molecular complexity index is 892. The number of ether oxygens (including phenoxy) is 1. The van der Waals surface area contributed by atoms with E-state index in [0.29, 0.717) is 28.8 Å². The van der Waals surface area contributed by atoms with E-state index in [4.69, 9.17) is 11.2 Å². The van der Waals surface area contributed by atoms with Crippen LogP contribution < -0.4 is 0 Å². The second-order valence-corrected chi connectivity index (χ2v) is 4.90. The number of hydrogen-bond donors (Lipinski definition) is 0. The Hall–Kier alpha value is -3.13. The third-order valence-corrected chi connectivity index (χ3v) is 3.48. The van der Waals surface area contributed by atoms with Gasteiger partial charge in [0.2, 0.25) is 0 Å². The average molecular weight is 305 g/mol. The van der Waals surface area contributed by atoms with Gasteiger partial charge in [-0.1, -0.05) is 36.3 Å². The standard InChI is InChI=1S/C18H15N3O2/c1-3-10-23-18(22)14-11-16(13-8-6-5-7-9-13)20-17-15(14)12-19-21(17)4-2/h1,5-9,11-12H,4,10H2,2H3. The van der Waals surface area contributed by atoms with Crippen LogP contribution in [0.1, 0.15) is 17.3 Å². The van der Waals surface area contributed by atoms with Gasteiger partial charge >= 0.3 is 5.97 Å². The zero-order valence-electron chi connectivity index (χ0n) is 12.7. The van der Waals surface area contributed by atoms with E-state index < -0.39 is 5.97 Å². The largest absolute Gasteiger partial charge is 0.449 e. The lowest BCUT2D eigenvalue weighted by Crippen LogP contribution is -2.07. The van der Waals surface area contributed by atoms with Crippen LogP contribution in [0.3, 0.4) is 0 Å². The van der Waals surface area contributed by atoms with Crippen LogP contribution in [0.25, 0.3) is 22.3 Å². The van der Waals surface area contributed by atoms with Crippen molar-refractivity contribution in [3.8, 4) is 23.6 Å². The number of rotatable bonds is 4. The lowest BCUT2D eigenvalue weighted by molar-refractivity contribution is 0.0559. The number of carbonyl (C=O) groups excluding carboxylic acids is 1. The molecule has 3 aromatic rings. The Morgan fingerprint density at radius 2 is 2.13 bits per heavy atom. The molecular weight excluding hydrogens is 290 g/mol. The van der Waals surface area contributed by atoms with Gasteiger partial charge in [-0.15, -0.1) is 6.42 Å². The monoisotopic (exact) mass is 305 g/mol. The fourth-order valence-corrected chi connectivity index (χ4v) is 2.39. The number of carbonyl (C=O) groups is 1. The third-order valence-electron chi connectivity index (χ3n) is 3.48. The number of fused-ring (bicyclic) bond motifs is 1. The summed E-state index contributed by atoms with van der Waals surface area (Å²) in [6.45, 7) is 2.57. The van der Waals surface area contributed by atoms with Crippen LogP contribution in [0.2, 0.25) is 0 Å². The Labute approximate surface area is 133 Å². The molecule has 0 bridgehead atoms. The average Bonchev–Trinajstić information content (AvgIpc) is 3.02. The maximum absolute atomic E-state index is 12.3. The molecule has 2 aromatic heterocycles. The minimum Gasteiger partial charge on any atom is -0.449 e. The van der Waals surface area contributed by atoms with E-state index in [1.807, 2.05) is 37.3 Å². The zero-order chi connectivity index (χ0) is 16.2. The summed E-state index contributed by atoms with van der Waals surface area (Å²) < 4.78 is 6.83. The predicted molar refractivity (Wildman–Crippen MR) is 87.8 cm³/mol. The highest BCUT2D eigenvalue weighted by Gasteiger charge is 2.18. The van der Waals surface area contributed by atoms with Crippen molar-refractivity contribution in [1.82, 2.24) is 14.8 Å². The number of hydrogen-bond acceptors (Lipinski definition) is 4. The zero-order valence-corrected chi connectivity index (χ0v) is 12.7. The summed E-state index contributed by atoms with van der Waals surface area (Å²) in [7, 11) is 0. The van der Waals surface area contributed by atoms with Gasteiger partial charge < -0.3 is 4.74 Å². The molecule has 0 fully saturated rings. The van der Waals surface area contributed by atoms with Gasteiger partial charge in [-0.3, -0.25) is 0 Å². The number of benzene rings is 1. The summed E-state index contributed by atoms with van der Waals surface area (Å²) in [4.78, 5) is 17.0. The van der Waals surface area contributed by atoms with E-state index in [1.165, 1.54) is 0 Å². The van der Waals surface area contributed by atoms with E-state index in [-0.39, 0.29) is 6.61 Å². The van der Waals surface area contributed by atoms with E-state index in [0.717, 1.165) is 5.56 Å². The van der Waals surface area contributed by atoms with E-state index in [2.05, 4.69) is 16.0 Å². The Balaban J connectivity index is 2.19. The highest BCUT2D eigenvalue weighted by Crippen LogP contribution is 2.25. The molecule has 0 aliphatic rings. The lowest BCUT2D eigenvalue weighted by Gasteiger charge is -2.07. The van der Waals surface area contributed by atoms with Gasteiger partial charge in [0.05, 0.1) is 22.8 Å². The smallest absolute Gasteiger partial charge is 0.339 e. The molecule has 3 rings (SSSR count). The second kappa shape index (κ2) is 6.32. The number of terminal acetylenes is 1. The normalized spacial score (nSPS) is 10.4. The molecule has 0 N–H and O–H groups in total. The first-order valence-corrected chi connectivity index (χ1v) is 7.27. The van der Waals surface area contributed by atoms with Crippen molar-refractivity contribution >= 4 is 17.0 Å². The number of nitrogens with zero attached hydrogens (tertiary/aromatic N) is 3. The van der Waals surface area contributed by atoms with Crippen molar-refractivity contribution in [2.24, 2.45) is 0 Å². The molecule has 114 valence electrons. The minimum absolute atomic E-state index is 0.0643. The Morgan fingerprint density at radius 3 is 2.83 bits per heavy atom. The molecule has 5 nitrogen and oxygen atoms in total. The fraction of sp³-hybridized carbons (Fsp3) is 0.167. The molecule has 5 heteroatoms. The molecule has 0 spiro atoms. The molecule has 0 unspecified atom stereocenters. The summed E-state index contributed by atoms with van der Waals surface area (Å²) in [5.41, 5.74) is 2.69. The summed E-state index contributed by atoms with van der Waals surface area (Å²) in [5, 5.41) is 4.94. The molecule has 0 radical (unpaired) electrons. The van der Waals surface area contributed by atoms with Crippen molar-refractivity contribution in [3.63, 3.8) is 0 Å². The topological polar surface area (TPSA) is 57.0 Å².